The van der Waals surface area contributed by atoms with Gasteiger partial charge in [-0.1, -0.05) is 57.2 Å². The summed E-state index contributed by atoms with van der Waals surface area (Å²) in [7, 11) is -7.50. The lowest BCUT2D eigenvalue weighted by Crippen LogP contribution is -2.15. The molecule has 0 fully saturated rings. The minimum absolute atomic E-state index is 0.00413. The second kappa shape index (κ2) is 7.22. The first-order valence-electron chi connectivity index (χ1n) is 8.73. The lowest BCUT2D eigenvalue weighted by Gasteiger charge is -2.17. The number of furan rings is 1. The third kappa shape index (κ3) is 4.05. The molecule has 0 radical (unpaired) electrons. The zero-order valence-corrected chi connectivity index (χ0v) is 17.5. The molecule has 0 unspecified atom stereocenters. The summed E-state index contributed by atoms with van der Waals surface area (Å²) in [5, 5.41) is 0. The van der Waals surface area contributed by atoms with Gasteiger partial charge in [-0.2, -0.15) is 0 Å². The number of hydrogen-bond donors (Lipinski definition) is 0. The normalized spacial score (nSPS) is 12.8. The molecule has 5 nitrogen and oxygen atoms in total. The first kappa shape index (κ1) is 20.4. The third-order valence-electron chi connectivity index (χ3n) is 4.21. The summed E-state index contributed by atoms with van der Waals surface area (Å²) in [4.78, 5) is 0.305. The molecule has 0 bridgehead atoms. The van der Waals surface area contributed by atoms with Crippen molar-refractivity contribution >= 4 is 19.7 Å². The third-order valence-corrected chi connectivity index (χ3v) is 7.64. The predicted molar refractivity (Wildman–Crippen MR) is 107 cm³/mol. The summed E-state index contributed by atoms with van der Waals surface area (Å²) in [6, 6.07) is 17.4. The molecule has 1 heterocycles. The molecule has 3 rings (SSSR count). The molecule has 0 atom stereocenters. The van der Waals surface area contributed by atoms with E-state index in [0.29, 0.717) is 0 Å². The van der Waals surface area contributed by atoms with E-state index in [2.05, 4.69) is 0 Å². The van der Waals surface area contributed by atoms with E-state index in [9.17, 15) is 16.8 Å². The summed E-state index contributed by atoms with van der Waals surface area (Å²) in [6.07, 6.45) is 0. The van der Waals surface area contributed by atoms with Crippen LogP contribution in [-0.4, -0.2) is 16.8 Å². The van der Waals surface area contributed by atoms with Crippen molar-refractivity contribution in [2.45, 2.75) is 46.6 Å². The van der Waals surface area contributed by atoms with Crippen molar-refractivity contribution in [1.82, 2.24) is 0 Å². The highest BCUT2D eigenvalue weighted by Gasteiger charge is 2.33. The highest BCUT2D eigenvalue weighted by Crippen LogP contribution is 2.36. The molecule has 28 heavy (non-hydrogen) atoms. The van der Waals surface area contributed by atoms with Crippen LogP contribution in [0.1, 0.15) is 32.3 Å². The van der Waals surface area contributed by atoms with Crippen LogP contribution in [0.2, 0.25) is 0 Å². The Morgan fingerprint density at radius 2 is 1.29 bits per heavy atom. The van der Waals surface area contributed by atoms with E-state index in [1.807, 2.05) is 20.8 Å². The molecule has 7 heteroatoms. The van der Waals surface area contributed by atoms with Crippen molar-refractivity contribution in [3.8, 4) is 0 Å². The average molecular weight is 419 g/mol. The van der Waals surface area contributed by atoms with Crippen LogP contribution in [0.4, 0.5) is 0 Å². The molecule has 2 aromatic carbocycles. The van der Waals surface area contributed by atoms with Gasteiger partial charge >= 0.3 is 0 Å². The SMILES string of the molecule is CC(C)(C)c1oc(CS(=O)(=O)c2ccccc2)cc1S(=O)(=O)c1ccccc1. The molecular weight excluding hydrogens is 396 g/mol. The Labute approximate surface area is 165 Å². The number of sulfone groups is 2. The Bertz CT molecular complexity index is 1170. The first-order valence-corrected chi connectivity index (χ1v) is 11.9. The van der Waals surface area contributed by atoms with Crippen LogP contribution < -0.4 is 0 Å². The Hall–Kier alpha value is -2.38. The van der Waals surface area contributed by atoms with E-state index in [1.54, 1.807) is 36.4 Å². The molecule has 0 saturated carbocycles. The van der Waals surface area contributed by atoms with Crippen LogP contribution in [0.15, 0.2) is 85.8 Å². The summed E-state index contributed by atoms with van der Waals surface area (Å²) < 4.78 is 57.4. The van der Waals surface area contributed by atoms with E-state index in [0.717, 1.165) is 0 Å². The van der Waals surface area contributed by atoms with E-state index < -0.39 is 30.8 Å². The average Bonchev–Trinajstić information content (AvgIpc) is 3.08. The fourth-order valence-electron chi connectivity index (χ4n) is 2.84. The minimum Gasteiger partial charge on any atom is -0.463 e. The Morgan fingerprint density at radius 3 is 1.79 bits per heavy atom. The van der Waals surface area contributed by atoms with Gasteiger partial charge in [-0.3, -0.25) is 0 Å². The molecule has 0 N–H and O–H groups in total. The van der Waals surface area contributed by atoms with Crippen molar-refractivity contribution in [3.05, 3.63) is 78.3 Å². The molecule has 3 aromatic rings. The summed E-state index contributed by atoms with van der Waals surface area (Å²) in [5.74, 6) is -0.0670. The lowest BCUT2D eigenvalue weighted by molar-refractivity contribution is 0.382. The van der Waals surface area contributed by atoms with Crippen LogP contribution in [0.25, 0.3) is 0 Å². The highest BCUT2D eigenvalue weighted by molar-refractivity contribution is 7.91. The van der Waals surface area contributed by atoms with Gasteiger partial charge in [0, 0.05) is 11.5 Å². The number of hydrogen-bond acceptors (Lipinski definition) is 5. The zero-order chi connectivity index (χ0) is 20.6. The largest absolute Gasteiger partial charge is 0.463 e. The van der Waals surface area contributed by atoms with Crippen molar-refractivity contribution in [3.63, 3.8) is 0 Å². The van der Waals surface area contributed by atoms with E-state index >= 15 is 0 Å². The quantitative estimate of drug-likeness (QED) is 0.614. The number of benzene rings is 2. The molecule has 0 aliphatic heterocycles. The first-order chi connectivity index (χ1) is 13.0. The lowest BCUT2D eigenvalue weighted by atomic mass is 9.93. The van der Waals surface area contributed by atoms with Gasteiger partial charge in [-0.25, -0.2) is 16.8 Å². The van der Waals surface area contributed by atoms with Gasteiger partial charge in [0.1, 0.15) is 22.2 Å². The van der Waals surface area contributed by atoms with Crippen LogP contribution in [-0.2, 0) is 30.8 Å². The standard InChI is InChI=1S/C21H22O5S2/c1-21(2,3)20-19(28(24,25)18-12-8-5-9-13-18)14-16(26-20)15-27(22,23)17-10-6-4-7-11-17/h4-14H,15H2,1-3H3. The molecular formula is C21H22O5S2. The van der Waals surface area contributed by atoms with Gasteiger partial charge < -0.3 is 4.42 Å². The van der Waals surface area contributed by atoms with Gasteiger partial charge in [0.2, 0.25) is 9.84 Å². The van der Waals surface area contributed by atoms with Gasteiger partial charge in [-0.05, 0) is 24.3 Å². The second-order valence-corrected chi connectivity index (χ2v) is 11.5. The van der Waals surface area contributed by atoms with Crippen molar-refractivity contribution in [2.24, 2.45) is 0 Å². The molecule has 0 aliphatic carbocycles. The fraction of sp³-hybridized carbons (Fsp3) is 0.238. The van der Waals surface area contributed by atoms with Crippen molar-refractivity contribution in [1.29, 1.82) is 0 Å². The van der Waals surface area contributed by atoms with Crippen LogP contribution in [0, 0.1) is 0 Å². The van der Waals surface area contributed by atoms with Gasteiger partial charge in [0.15, 0.2) is 9.84 Å². The fourth-order valence-corrected chi connectivity index (χ4v) is 5.74. The Morgan fingerprint density at radius 1 is 0.786 bits per heavy atom. The van der Waals surface area contributed by atoms with Gasteiger partial charge in [0.25, 0.3) is 0 Å². The smallest absolute Gasteiger partial charge is 0.210 e. The van der Waals surface area contributed by atoms with Crippen LogP contribution >= 0.6 is 0 Å². The van der Waals surface area contributed by atoms with Crippen LogP contribution in [0.3, 0.4) is 0 Å². The molecule has 148 valence electrons. The topological polar surface area (TPSA) is 81.4 Å². The molecule has 1 aromatic heterocycles. The van der Waals surface area contributed by atoms with Gasteiger partial charge in [-0.15, -0.1) is 0 Å². The molecule has 0 aliphatic rings. The molecule has 0 amide bonds. The van der Waals surface area contributed by atoms with Crippen molar-refractivity contribution < 1.29 is 21.3 Å². The van der Waals surface area contributed by atoms with Gasteiger partial charge in [0.05, 0.1) is 9.79 Å². The Kier molecular flexibility index (Phi) is 5.25. The maximum atomic E-state index is 13.1. The second-order valence-electron chi connectivity index (χ2n) is 7.54. The van der Waals surface area contributed by atoms with Crippen LogP contribution in [0.5, 0.6) is 0 Å². The monoisotopic (exact) mass is 418 g/mol. The van der Waals surface area contributed by atoms with E-state index in [4.69, 9.17) is 4.42 Å². The highest BCUT2D eigenvalue weighted by atomic mass is 32.2. The summed E-state index contributed by atoms with van der Waals surface area (Å²) >= 11 is 0. The predicted octanol–water partition coefficient (Wildman–Crippen LogP) is 4.38. The maximum absolute atomic E-state index is 13.1. The van der Waals surface area contributed by atoms with E-state index in [1.165, 1.54) is 30.3 Å². The van der Waals surface area contributed by atoms with E-state index in [-0.39, 0.29) is 26.2 Å². The maximum Gasteiger partial charge on any atom is 0.210 e. The van der Waals surface area contributed by atoms with Crippen molar-refractivity contribution in [2.75, 3.05) is 0 Å². The minimum atomic E-state index is -3.84. The Balaban J connectivity index is 2.10. The molecule has 0 saturated heterocycles. The summed E-state index contributed by atoms with van der Waals surface area (Å²) in [6.45, 7) is 5.47. The summed E-state index contributed by atoms with van der Waals surface area (Å²) in [5.41, 5.74) is -0.619. The zero-order valence-electron chi connectivity index (χ0n) is 15.9. The number of rotatable bonds is 5. The molecule has 0 spiro atoms.